The fourth-order valence-corrected chi connectivity index (χ4v) is 4.84. The van der Waals surface area contributed by atoms with E-state index in [0.29, 0.717) is 5.56 Å². The van der Waals surface area contributed by atoms with Crippen molar-refractivity contribution >= 4 is 27.6 Å². The molecule has 4 rings (SSSR count). The summed E-state index contributed by atoms with van der Waals surface area (Å²) in [4.78, 5) is 24.9. The van der Waals surface area contributed by atoms with Gasteiger partial charge in [-0.3, -0.25) is 9.52 Å². The smallest absolute Gasteiger partial charge is 0.334 e. The minimum absolute atomic E-state index is 0.0899. The number of carbonyl (C=O) groups is 2. The average Bonchev–Trinajstić information content (AvgIpc) is 2.90. The summed E-state index contributed by atoms with van der Waals surface area (Å²) >= 11 is 0. The van der Waals surface area contributed by atoms with E-state index >= 15 is 0 Å². The lowest BCUT2D eigenvalue weighted by Gasteiger charge is -2.19. The minimum Gasteiger partial charge on any atom is -0.423 e. The van der Waals surface area contributed by atoms with E-state index in [1.807, 2.05) is 0 Å². The lowest BCUT2D eigenvalue weighted by molar-refractivity contribution is -0.136. The maximum absolute atomic E-state index is 14.1. The summed E-state index contributed by atoms with van der Waals surface area (Å²) in [5.74, 6) is -4.16. The van der Waals surface area contributed by atoms with Gasteiger partial charge in [0.15, 0.2) is 10.6 Å². The first kappa shape index (κ1) is 26.5. The normalized spacial score (nSPS) is 11.8. The number of esters is 1. The highest BCUT2D eigenvalue weighted by Crippen LogP contribution is 2.29. The van der Waals surface area contributed by atoms with Crippen LogP contribution >= 0.6 is 0 Å². The van der Waals surface area contributed by atoms with Gasteiger partial charge in [0.1, 0.15) is 17.7 Å². The van der Waals surface area contributed by atoms with Crippen molar-refractivity contribution in [3.63, 3.8) is 0 Å². The fraction of sp³-hybridized carbons (Fsp3) is 0.0714. The molecule has 38 heavy (non-hydrogen) atoms. The third-order valence-electron chi connectivity index (χ3n) is 5.44. The number of para-hydroxylation sites is 2. The molecule has 4 aromatic rings. The molecule has 1 atom stereocenters. The summed E-state index contributed by atoms with van der Waals surface area (Å²) in [5.41, 5.74) is 0.849. The number of benzene rings is 4. The zero-order valence-corrected chi connectivity index (χ0v) is 20.6. The maximum Gasteiger partial charge on any atom is 0.334 e. The SMILES string of the molecule is O=C(N[C@H](Cc1ccccc1)C(=O)Oc1ccccc1NS(=O)(=O)c1c(F)cccc1F)c1ccccc1. The van der Waals surface area contributed by atoms with Crippen LogP contribution in [0.15, 0.2) is 108 Å². The zero-order chi connectivity index (χ0) is 27.1. The molecule has 2 N–H and O–H groups in total. The van der Waals surface area contributed by atoms with Crippen LogP contribution < -0.4 is 14.8 Å². The number of amides is 1. The number of rotatable bonds is 9. The molecule has 0 aliphatic rings. The largest absolute Gasteiger partial charge is 0.423 e. The molecule has 7 nitrogen and oxygen atoms in total. The maximum atomic E-state index is 14.1. The minimum atomic E-state index is -4.72. The van der Waals surface area contributed by atoms with Crippen LogP contribution in [-0.2, 0) is 21.2 Å². The number of ether oxygens (including phenoxy) is 1. The van der Waals surface area contributed by atoms with Gasteiger partial charge in [0.05, 0.1) is 5.69 Å². The van der Waals surface area contributed by atoms with Gasteiger partial charge in [-0.05, 0) is 42.0 Å². The van der Waals surface area contributed by atoms with Crippen LogP contribution in [0.2, 0.25) is 0 Å². The summed E-state index contributed by atoms with van der Waals surface area (Å²) in [6.07, 6.45) is 0.0899. The summed E-state index contributed by atoms with van der Waals surface area (Å²) < 4.78 is 61.4. The van der Waals surface area contributed by atoms with Crippen molar-refractivity contribution in [3.8, 4) is 5.75 Å². The van der Waals surface area contributed by atoms with Crippen molar-refractivity contribution in [1.82, 2.24) is 5.32 Å². The molecule has 0 unspecified atom stereocenters. The van der Waals surface area contributed by atoms with Gasteiger partial charge >= 0.3 is 5.97 Å². The van der Waals surface area contributed by atoms with E-state index in [2.05, 4.69) is 10.0 Å². The molecule has 0 aliphatic heterocycles. The van der Waals surface area contributed by atoms with Gasteiger partial charge < -0.3 is 10.1 Å². The number of halogens is 2. The van der Waals surface area contributed by atoms with Crippen LogP contribution in [0.4, 0.5) is 14.5 Å². The molecular formula is C28H22F2N2O5S. The van der Waals surface area contributed by atoms with E-state index in [0.717, 1.165) is 23.8 Å². The first-order chi connectivity index (χ1) is 18.2. The quantitative estimate of drug-likeness (QED) is 0.238. The highest BCUT2D eigenvalue weighted by Gasteiger charge is 2.28. The number of nitrogens with one attached hydrogen (secondary N) is 2. The first-order valence-electron chi connectivity index (χ1n) is 11.4. The van der Waals surface area contributed by atoms with Gasteiger partial charge in [-0.1, -0.05) is 66.7 Å². The third-order valence-corrected chi connectivity index (χ3v) is 6.85. The predicted molar refractivity (Wildman–Crippen MR) is 137 cm³/mol. The Balaban J connectivity index is 1.59. The lowest BCUT2D eigenvalue weighted by atomic mass is 10.1. The molecule has 0 radical (unpaired) electrons. The number of sulfonamides is 1. The van der Waals surface area contributed by atoms with Crippen molar-refractivity contribution in [2.75, 3.05) is 4.72 Å². The van der Waals surface area contributed by atoms with Crippen LogP contribution in [0.5, 0.6) is 5.75 Å². The molecule has 194 valence electrons. The van der Waals surface area contributed by atoms with Crippen LogP contribution in [0.1, 0.15) is 15.9 Å². The molecule has 0 heterocycles. The van der Waals surface area contributed by atoms with Crippen LogP contribution in [0.25, 0.3) is 0 Å². The fourth-order valence-electron chi connectivity index (χ4n) is 3.63. The molecule has 0 aliphatic carbocycles. The van der Waals surface area contributed by atoms with Crippen molar-refractivity contribution in [3.05, 3.63) is 126 Å². The third kappa shape index (κ3) is 6.40. The molecule has 0 fully saturated rings. The van der Waals surface area contributed by atoms with Gasteiger partial charge in [0, 0.05) is 12.0 Å². The van der Waals surface area contributed by atoms with Crippen molar-refractivity contribution in [2.45, 2.75) is 17.4 Å². The zero-order valence-electron chi connectivity index (χ0n) is 19.8. The Morgan fingerprint density at radius 1 is 0.763 bits per heavy atom. The highest BCUT2D eigenvalue weighted by molar-refractivity contribution is 7.92. The molecule has 10 heteroatoms. The number of carbonyl (C=O) groups excluding carboxylic acids is 2. The summed E-state index contributed by atoms with van der Waals surface area (Å²) in [7, 11) is -4.72. The van der Waals surface area contributed by atoms with Crippen molar-refractivity contribution in [2.24, 2.45) is 0 Å². The Kier molecular flexibility index (Phi) is 8.12. The van der Waals surface area contributed by atoms with E-state index in [-0.39, 0.29) is 17.9 Å². The number of hydrogen-bond donors (Lipinski definition) is 2. The van der Waals surface area contributed by atoms with E-state index in [4.69, 9.17) is 4.74 Å². The number of hydrogen-bond acceptors (Lipinski definition) is 5. The number of anilines is 1. The summed E-state index contributed by atoms with van der Waals surface area (Å²) in [6.45, 7) is 0. The van der Waals surface area contributed by atoms with Gasteiger partial charge in [-0.2, -0.15) is 0 Å². The molecule has 0 saturated heterocycles. The summed E-state index contributed by atoms with van der Waals surface area (Å²) in [6, 6.07) is 24.3. The molecular weight excluding hydrogens is 514 g/mol. The molecule has 0 aromatic heterocycles. The second kappa shape index (κ2) is 11.7. The topological polar surface area (TPSA) is 102 Å². The Bertz CT molecular complexity index is 1530. The van der Waals surface area contributed by atoms with E-state index < -0.39 is 44.5 Å². The van der Waals surface area contributed by atoms with Gasteiger partial charge in [-0.25, -0.2) is 22.0 Å². The lowest BCUT2D eigenvalue weighted by Crippen LogP contribution is -2.44. The first-order valence-corrected chi connectivity index (χ1v) is 12.9. The monoisotopic (exact) mass is 536 g/mol. The summed E-state index contributed by atoms with van der Waals surface area (Å²) in [5, 5.41) is 2.66. The van der Waals surface area contributed by atoms with Crippen molar-refractivity contribution in [1.29, 1.82) is 0 Å². The molecule has 4 aromatic carbocycles. The standard InChI is InChI=1S/C28H22F2N2O5S/c29-21-14-9-15-22(30)26(21)38(35,36)32-23-16-7-8-17-25(23)37-28(34)24(18-19-10-3-1-4-11-19)31-27(33)20-12-5-2-6-13-20/h1-17,24,32H,18H2,(H,31,33)/t24-/m1/s1. The van der Waals surface area contributed by atoms with Crippen molar-refractivity contribution < 1.29 is 31.5 Å². The van der Waals surface area contributed by atoms with E-state index in [1.54, 1.807) is 60.7 Å². The Morgan fingerprint density at radius 2 is 1.34 bits per heavy atom. The second-order valence-corrected chi connectivity index (χ2v) is 9.77. The van der Waals surface area contributed by atoms with Gasteiger partial charge in [-0.15, -0.1) is 0 Å². The van der Waals surface area contributed by atoms with Crippen LogP contribution in [0.3, 0.4) is 0 Å². The van der Waals surface area contributed by atoms with E-state index in [1.165, 1.54) is 24.3 Å². The molecule has 0 spiro atoms. The highest BCUT2D eigenvalue weighted by atomic mass is 32.2. The molecule has 0 saturated carbocycles. The Morgan fingerprint density at radius 3 is 2.00 bits per heavy atom. The Hall–Kier alpha value is -4.57. The van der Waals surface area contributed by atoms with Crippen LogP contribution in [0, 0.1) is 11.6 Å². The predicted octanol–water partition coefficient (Wildman–Crippen LogP) is 4.71. The van der Waals surface area contributed by atoms with Crippen LogP contribution in [-0.4, -0.2) is 26.3 Å². The molecule has 1 amide bonds. The van der Waals surface area contributed by atoms with Gasteiger partial charge in [0.2, 0.25) is 0 Å². The second-order valence-electron chi connectivity index (χ2n) is 8.16. The average molecular weight is 537 g/mol. The van der Waals surface area contributed by atoms with Gasteiger partial charge in [0.25, 0.3) is 15.9 Å². The Labute approximate surface area is 218 Å². The molecule has 0 bridgehead atoms. The van der Waals surface area contributed by atoms with E-state index in [9.17, 15) is 26.8 Å².